The molecule has 114 valence electrons. The van der Waals surface area contributed by atoms with Crippen LogP contribution in [0.1, 0.15) is 6.92 Å². The molecular weight excluding hydrogens is 325 g/mol. The average molecular weight is 337 g/mol. The van der Waals surface area contributed by atoms with Crippen molar-refractivity contribution in [2.75, 3.05) is 6.61 Å². The molecule has 2 aromatic rings. The molecule has 8 heteroatoms. The molecule has 0 aliphatic carbocycles. The molecule has 0 saturated carbocycles. The molecule has 0 saturated heterocycles. The normalized spacial score (nSPS) is 14.8. The summed E-state index contributed by atoms with van der Waals surface area (Å²) >= 11 is 1.53. The van der Waals surface area contributed by atoms with Crippen LogP contribution < -0.4 is 9.83 Å². The van der Waals surface area contributed by atoms with Gasteiger partial charge in [-0.3, -0.25) is 14.6 Å². The van der Waals surface area contributed by atoms with Gasteiger partial charge in [0.2, 0.25) is 0 Å². The molecule has 0 bridgehead atoms. The molecule has 22 heavy (non-hydrogen) atoms. The highest BCUT2D eigenvalue weighted by Crippen LogP contribution is 2.56. The Hall–Kier alpha value is -1.82. The summed E-state index contributed by atoms with van der Waals surface area (Å²) in [5.41, 5.74) is -0.0545. The van der Waals surface area contributed by atoms with Gasteiger partial charge in [-0.2, -0.15) is 0 Å². The van der Waals surface area contributed by atoms with Crippen LogP contribution in [0.25, 0.3) is 0 Å². The molecule has 1 unspecified atom stereocenters. The molecule has 1 aliphatic heterocycles. The Morgan fingerprint density at radius 1 is 1.23 bits per heavy atom. The van der Waals surface area contributed by atoms with Gasteiger partial charge < -0.3 is 4.52 Å². The number of nitro groups is 1. The van der Waals surface area contributed by atoms with Crippen molar-refractivity contribution in [2.24, 2.45) is 0 Å². The lowest BCUT2D eigenvalue weighted by atomic mass is 10.3. The standard InChI is InChI=1S/C14H12NO5PS/c1-2-19-21(18,12-4-3-5-13-14(12)22-13)20-11-8-6-10(7-9-11)15(16)17/h3-9H,2H2,1H3. The summed E-state index contributed by atoms with van der Waals surface area (Å²) in [6.07, 6.45) is 0. The molecule has 0 radical (unpaired) electrons. The quantitative estimate of drug-likeness (QED) is 0.293. The van der Waals surface area contributed by atoms with Gasteiger partial charge >= 0.3 is 7.60 Å². The van der Waals surface area contributed by atoms with E-state index in [1.54, 1.807) is 19.1 Å². The van der Waals surface area contributed by atoms with Crippen molar-refractivity contribution < 1.29 is 18.5 Å². The lowest BCUT2D eigenvalue weighted by Crippen LogP contribution is -2.12. The van der Waals surface area contributed by atoms with Gasteiger partial charge in [0.15, 0.2) is 0 Å². The van der Waals surface area contributed by atoms with Crippen LogP contribution >= 0.6 is 19.4 Å². The number of rotatable bonds is 6. The first-order valence-corrected chi connectivity index (χ1v) is 8.89. The first-order chi connectivity index (χ1) is 10.5. The van der Waals surface area contributed by atoms with Crippen molar-refractivity contribution >= 4 is 30.3 Å². The van der Waals surface area contributed by atoms with Gasteiger partial charge in [0, 0.05) is 21.9 Å². The molecule has 6 nitrogen and oxygen atoms in total. The monoisotopic (exact) mass is 337 g/mol. The smallest absolute Gasteiger partial charge is 0.411 e. The maximum atomic E-state index is 13.1. The predicted molar refractivity (Wildman–Crippen MR) is 83.2 cm³/mol. The van der Waals surface area contributed by atoms with Crippen LogP contribution in [0.4, 0.5) is 5.69 Å². The first-order valence-electron chi connectivity index (χ1n) is 6.53. The van der Waals surface area contributed by atoms with E-state index in [2.05, 4.69) is 0 Å². The molecule has 0 N–H and O–H groups in total. The molecule has 0 amide bonds. The summed E-state index contributed by atoms with van der Waals surface area (Å²) in [6.45, 7) is 1.97. The van der Waals surface area contributed by atoms with Crippen molar-refractivity contribution in [3.63, 3.8) is 0 Å². The average Bonchev–Trinajstić information content (AvgIpc) is 3.27. The number of hydrogen-bond donors (Lipinski definition) is 0. The molecule has 0 aromatic heterocycles. The number of fused-ring (bicyclic) bond motifs is 1. The maximum absolute atomic E-state index is 13.1. The molecule has 1 atom stereocenters. The lowest BCUT2D eigenvalue weighted by molar-refractivity contribution is -0.384. The van der Waals surface area contributed by atoms with Crippen molar-refractivity contribution in [1.29, 1.82) is 0 Å². The van der Waals surface area contributed by atoms with Crippen molar-refractivity contribution in [1.82, 2.24) is 0 Å². The summed E-state index contributed by atoms with van der Waals surface area (Å²) in [5, 5.41) is 11.2. The summed E-state index contributed by atoms with van der Waals surface area (Å²) in [6, 6.07) is 10.9. The number of benzene rings is 2. The van der Waals surface area contributed by atoms with E-state index >= 15 is 0 Å². The van der Waals surface area contributed by atoms with Crippen LogP contribution in [0.5, 0.6) is 5.75 Å². The fraction of sp³-hybridized carbons (Fsp3) is 0.143. The molecule has 1 heterocycles. The largest absolute Gasteiger partial charge is 0.421 e. The number of nitrogens with zero attached hydrogens (tertiary/aromatic N) is 1. The van der Waals surface area contributed by atoms with E-state index in [0.29, 0.717) is 5.30 Å². The van der Waals surface area contributed by atoms with E-state index in [1.807, 2.05) is 6.07 Å². The zero-order valence-corrected chi connectivity index (χ0v) is 13.3. The van der Waals surface area contributed by atoms with Crippen LogP contribution in [0.2, 0.25) is 0 Å². The Labute approximate surface area is 131 Å². The molecule has 2 aromatic carbocycles. The highest BCUT2D eigenvalue weighted by Gasteiger charge is 2.37. The first kappa shape index (κ1) is 15.1. The lowest BCUT2D eigenvalue weighted by Gasteiger charge is -2.18. The van der Waals surface area contributed by atoms with Crippen LogP contribution in [0.15, 0.2) is 52.3 Å². The second-order valence-corrected chi connectivity index (χ2v) is 7.43. The van der Waals surface area contributed by atoms with Crippen LogP contribution in [0.3, 0.4) is 0 Å². The predicted octanol–water partition coefficient (Wildman–Crippen LogP) is 3.99. The Morgan fingerprint density at radius 2 is 1.95 bits per heavy atom. The van der Waals surface area contributed by atoms with Gasteiger partial charge in [-0.05, 0) is 31.2 Å². The fourth-order valence-corrected chi connectivity index (χ4v) is 4.85. The van der Waals surface area contributed by atoms with Crippen molar-refractivity contribution in [3.05, 3.63) is 52.6 Å². The van der Waals surface area contributed by atoms with Crippen molar-refractivity contribution in [2.45, 2.75) is 16.7 Å². The van der Waals surface area contributed by atoms with Gasteiger partial charge in [0.05, 0.1) is 16.8 Å². The minimum atomic E-state index is -3.51. The SMILES string of the molecule is CCOP(=O)(Oc1ccc([N+](=O)[O-])cc1)c1cccc2c1S2. The second kappa shape index (κ2) is 5.76. The van der Waals surface area contributed by atoms with E-state index in [4.69, 9.17) is 9.05 Å². The van der Waals surface area contributed by atoms with Gasteiger partial charge in [-0.25, -0.2) is 4.57 Å². The minimum absolute atomic E-state index is 0.0545. The van der Waals surface area contributed by atoms with Crippen LogP contribution in [0, 0.1) is 10.1 Å². The summed E-state index contributed by atoms with van der Waals surface area (Å²) in [5.74, 6) is 0.269. The highest BCUT2D eigenvalue weighted by molar-refractivity contribution is 8.05. The summed E-state index contributed by atoms with van der Waals surface area (Å²) in [4.78, 5) is 12.1. The van der Waals surface area contributed by atoms with E-state index in [0.717, 1.165) is 9.79 Å². The Bertz CT molecular complexity index is 777. The topological polar surface area (TPSA) is 78.7 Å². The van der Waals surface area contributed by atoms with Crippen LogP contribution in [-0.2, 0) is 9.09 Å². The Morgan fingerprint density at radius 3 is 2.59 bits per heavy atom. The van der Waals surface area contributed by atoms with Crippen molar-refractivity contribution in [3.8, 4) is 5.75 Å². The van der Waals surface area contributed by atoms with E-state index in [1.165, 1.54) is 36.0 Å². The summed E-state index contributed by atoms with van der Waals surface area (Å²) < 4.78 is 24.0. The maximum Gasteiger partial charge on any atom is 0.411 e. The zero-order valence-electron chi connectivity index (χ0n) is 11.6. The second-order valence-electron chi connectivity index (χ2n) is 4.46. The summed E-state index contributed by atoms with van der Waals surface area (Å²) in [7, 11) is -3.51. The molecule has 0 fully saturated rings. The molecular formula is C14H12NO5PS. The number of non-ortho nitro benzene ring substituents is 1. The molecule has 1 aliphatic rings. The van der Waals surface area contributed by atoms with Gasteiger partial charge in [0.1, 0.15) is 5.75 Å². The Kier molecular flexibility index (Phi) is 3.95. The van der Waals surface area contributed by atoms with Gasteiger partial charge in [-0.1, -0.05) is 17.8 Å². The van der Waals surface area contributed by atoms with E-state index in [-0.39, 0.29) is 18.0 Å². The van der Waals surface area contributed by atoms with Gasteiger partial charge in [-0.15, -0.1) is 0 Å². The third-order valence-electron chi connectivity index (χ3n) is 3.00. The van der Waals surface area contributed by atoms with Crippen LogP contribution in [-0.4, -0.2) is 11.5 Å². The van der Waals surface area contributed by atoms with E-state index in [9.17, 15) is 14.7 Å². The zero-order chi connectivity index (χ0) is 15.7. The number of hydrogen-bond acceptors (Lipinski definition) is 6. The van der Waals surface area contributed by atoms with E-state index < -0.39 is 12.5 Å². The number of nitro benzene ring substituents is 1. The minimum Gasteiger partial charge on any atom is -0.421 e. The highest BCUT2D eigenvalue weighted by atomic mass is 32.2. The fourth-order valence-electron chi connectivity index (χ4n) is 1.97. The third-order valence-corrected chi connectivity index (χ3v) is 6.16. The third kappa shape index (κ3) is 2.88. The molecule has 3 rings (SSSR count). The Balaban J connectivity index is 1.90. The molecule has 0 spiro atoms. The van der Waals surface area contributed by atoms with Gasteiger partial charge in [0.25, 0.3) is 5.69 Å².